The SMILES string of the molecule is COc1ccc(C(C(=O)N2CCC(c3nccs3)CC2)C(C)C)cc1OC. The number of ether oxygens (including phenoxy) is 2. The van der Waals surface area contributed by atoms with Crippen LogP contribution in [-0.2, 0) is 4.79 Å². The fourth-order valence-corrected chi connectivity index (χ4v) is 4.65. The van der Waals surface area contributed by atoms with Crippen molar-refractivity contribution in [3.8, 4) is 11.5 Å². The number of thiazole rings is 1. The lowest BCUT2D eigenvalue weighted by molar-refractivity contribution is -0.134. The highest BCUT2D eigenvalue weighted by molar-refractivity contribution is 7.09. The largest absolute Gasteiger partial charge is 0.493 e. The maximum Gasteiger partial charge on any atom is 0.230 e. The number of piperidine rings is 1. The number of hydrogen-bond acceptors (Lipinski definition) is 5. The van der Waals surface area contributed by atoms with E-state index in [1.165, 1.54) is 5.01 Å². The third-order valence-corrected chi connectivity index (χ3v) is 6.24. The van der Waals surface area contributed by atoms with Gasteiger partial charge in [0.1, 0.15) is 0 Å². The highest BCUT2D eigenvalue weighted by atomic mass is 32.1. The predicted molar refractivity (Wildman–Crippen MR) is 108 cm³/mol. The van der Waals surface area contributed by atoms with Crippen molar-refractivity contribution in [3.05, 3.63) is 40.3 Å². The summed E-state index contributed by atoms with van der Waals surface area (Å²) in [7, 11) is 3.24. The smallest absolute Gasteiger partial charge is 0.230 e. The molecule has 1 aliphatic heterocycles. The summed E-state index contributed by atoms with van der Waals surface area (Å²) in [6, 6.07) is 5.79. The van der Waals surface area contributed by atoms with Crippen LogP contribution < -0.4 is 9.47 Å². The number of carbonyl (C=O) groups is 1. The van der Waals surface area contributed by atoms with Gasteiger partial charge in [0, 0.05) is 30.6 Å². The van der Waals surface area contributed by atoms with Gasteiger partial charge in [-0.05, 0) is 36.5 Å². The number of benzene rings is 1. The molecule has 27 heavy (non-hydrogen) atoms. The van der Waals surface area contributed by atoms with Crippen LogP contribution in [0.1, 0.15) is 49.1 Å². The van der Waals surface area contributed by atoms with Crippen molar-refractivity contribution in [2.75, 3.05) is 27.3 Å². The Kier molecular flexibility index (Phi) is 6.37. The van der Waals surface area contributed by atoms with E-state index in [-0.39, 0.29) is 17.7 Å². The summed E-state index contributed by atoms with van der Waals surface area (Å²) < 4.78 is 10.8. The third-order valence-electron chi connectivity index (χ3n) is 5.31. The fourth-order valence-electron chi connectivity index (χ4n) is 3.84. The summed E-state index contributed by atoms with van der Waals surface area (Å²) in [6.07, 6.45) is 3.83. The van der Waals surface area contributed by atoms with Gasteiger partial charge in [0.05, 0.1) is 25.1 Å². The summed E-state index contributed by atoms with van der Waals surface area (Å²) in [5.74, 6) is 2.05. The number of amides is 1. The molecule has 3 rings (SSSR count). The molecule has 0 spiro atoms. The molecule has 0 radical (unpaired) electrons. The minimum absolute atomic E-state index is 0.179. The van der Waals surface area contributed by atoms with Crippen LogP contribution in [0.2, 0.25) is 0 Å². The van der Waals surface area contributed by atoms with Crippen molar-refractivity contribution in [1.29, 1.82) is 0 Å². The molecule has 1 fully saturated rings. The summed E-state index contributed by atoms with van der Waals surface area (Å²) in [4.78, 5) is 19.8. The van der Waals surface area contributed by atoms with Crippen LogP contribution in [0, 0.1) is 5.92 Å². The fraction of sp³-hybridized carbons (Fsp3) is 0.524. The minimum Gasteiger partial charge on any atom is -0.493 e. The molecule has 5 nitrogen and oxygen atoms in total. The van der Waals surface area contributed by atoms with Crippen molar-refractivity contribution in [1.82, 2.24) is 9.88 Å². The average Bonchev–Trinajstić information content (AvgIpc) is 3.22. The Labute approximate surface area is 165 Å². The number of methoxy groups -OCH3 is 2. The first-order chi connectivity index (χ1) is 13.0. The van der Waals surface area contributed by atoms with E-state index in [9.17, 15) is 4.79 Å². The topological polar surface area (TPSA) is 51.7 Å². The number of hydrogen-bond donors (Lipinski definition) is 0. The molecule has 1 aliphatic rings. The van der Waals surface area contributed by atoms with E-state index in [4.69, 9.17) is 9.47 Å². The van der Waals surface area contributed by atoms with Crippen LogP contribution in [0.15, 0.2) is 29.8 Å². The van der Waals surface area contributed by atoms with E-state index < -0.39 is 0 Å². The zero-order valence-electron chi connectivity index (χ0n) is 16.5. The van der Waals surface area contributed by atoms with E-state index in [0.29, 0.717) is 17.4 Å². The van der Waals surface area contributed by atoms with Gasteiger partial charge >= 0.3 is 0 Å². The Morgan fingerprint density at radius 2 is 1.89 bits per heavy atom. The summed E-state index contributed by atoms with van der Waals surface area (Å²) in [5, 5.41) is 3.22. The molecule has 0 bridgehead atoms. The van der Waals surface area contributed by atoms with Gasteiger partial charge in [0.25, 0.3) is 0 Å². The minimum atomic E-state index is -0.179. The molecule has 0 N–H and O–H groups in total. The number of carbonyl (C=O) groups excluding carboxylic acids is 1. The zero-order chi connectivity index (χ0) is 19.4. The molecule has 146 valence electrons. The number of rotatable bonds is 6. The highest BCUT2D eigenvalue weighted by Gasteiger charge is 2.32. The molecule has 0 saturated carbocycles. The Morgan fingerprint density at radius 3 is 2.44 bits per heavy atom. The van der Waals surface area contributed by atoms with Crippen LogP contribution in [0.3, 0.4) is 0 Å². The molecule has 0 aliphatic carbocycles. The lowest BCUT2D eigenvalue weighted by atomic mass is 9.86. The Hall–Kier alpha value is -2.08. The Bertz CT molecular complexity index is 753. The van der Waals surface area contributed by atoms with E-state index in [2.05, 4.69) is 18.8 Å². The van der Waals surface area contributed by atoms with E-state index in [1.54, 1.807) is 25.6 Å². The maximum atomic E-state index is 13.3. The van der Waals surface area contributed by atoms with Gasteiger partial charge < -0.3 is 14.4 Å². The normalized spacial score (nSPS) is 16.4. The molecule has 1 unspecified atom stereocenters. The van der Waals surface area contributed by atoms with Crippen LogP contribution in [0.4, 0.5) is 0 Å². The monoisotopic (exact) mass is 388 g/mol. The molecule has 1 aromatic heterocycles. The number of likely N-dealkylation sites (tertiary alicyclic amines) is 1. The first-order valence-electron chi connectivity index (χ1n) is 9.45. The molecule has 1 saturated heterocycles. The van der Waals surface area contributed by atoms with Gasteiger partial charge in [-0.15, -0.1) is 11.3 Å². The second kappa shape index (κ2) is 8.74. The Morgan fingerprint density at radius 1 is 1.19 bits per heavy atom. The summed E-state index contributed by atoms with van der Waals surface area (Å²) in [5.41, 5.74) is 0.981. The van der Waals surface area contributed by atoms with Gasteiger partial charge in [-0.3, -0.25) is 4.79 Å². The molecular formula is C21H28N2O3S. The molecule has 2 aromatic rings. The second-order valence-electron chi connectivity index (χ2n) is 7.31. The van der Waals surface area contributed by atoms with Crippen molar-refractivity contribution >= 4 is 17.2 Å². The van der Waals surface area contributed by atoms with Crippen molar-refractivity contribution in [2.24, 2.45) is 5.92 Å². The Balaban J connectivity index is 1.75. The first kappa shape index (κ1) is 19.7. The van der Waals surface area contributed by atoms with Crippen LogP contribution in [-0.4, -0.2) is 43.1 Å². The lowest BCUT2D eigenvalue weighted by Gasteiger charge is -2.35. The predicted octanol–water partition coefficient (Wildman–Crippen LogP) is 4.31. The second-order valence-corrected chi connectivity index (χ2v) is 8.23. The van der Waals surface area contributed by atoms with Crippen molar-refractivity contribution < 1.29 is 14.3 Å². The zero-order valence-corrected chi connectivity index (χ0v) is 17.3. The quantitative estimate of drug-likeness (QED) is 0.740. The summed E-state index contributed by atoms with van der Waals surface area (Å²) >= 11 is 1.71. The summed E-state index contributed by atoms with van der Waals surface area (Å²) in [6.45, 7) is 5.78. The van der Waals surface area contributed by atoms with Gasteiger partial charge in [-0.1, -0.05) is 19.9 Å². The molecule has 2 heterocycles. The standard InChI is InChI=1S/C21H28N2O3S/c1-14(2)19(16-5-6-17(25-3)18(13-16)26-4)21(24)23-10-7-15(8-11-23)20-22-9-12-27-20/h5-6,9,12-15,19H,7-8,10-11H2,1-4H3. The van der Waals surface area contributed by atoms with Crippen LogP contribution in [0.5, 0.6) is 11.5 Å². The van der Waals surface area contributed by atoms with Crippen LogP contribution in [0.25, 0.3) is 0 Å². The molecule has 1 amide bonds. The molecular weight excluding hydrogens is 360 g/mol. The maximum absolute atomic E-state index is 13.3. The van der Waals surface area contributed by atoms with Crippen LogP contribution >= 0.6 is 11.3 Å². The van der Waals surface area contributed by atoms with Gasteiger partial charge in [-0.25, -0.2) is 4.98 Å². The van der Waals surface area contributed by atoms with Crippen molar-refractivity contribution in [3.63, 3.8) is 0 Å². The van der Waals surface area contributed by atoms with E-state index in [1.807, 2.05) is 34.7 Å². The lowest BCUT2D eigenvalue weighted by Crippen LogP contribution is -2.41. The number of aromatic nitrogens is 1. The van der Waals surface area contributed by atoms with Gasteiger partial charge in [0.2, 0.25) is 5.91 Å². The molecule has 6 heteroatoms. The first-order valence-corrected chi connectivity index (χ1v) is 10.3. The van der Waals surface area contributed by atoms with E-state index in [0.717, 1.165) is 31.5 Å². The number of nitrogens with zero attached hydrogens (tertiary/aromatic N) is 2. The van der Waals surface area contributed by atoms with E-state index >= 15 is 0 Å². The molecule has 1 atom stereocenters. The van der Waals surface area contributed by atoms with Crippen molar-refractivity contribution in [2.45, 2.75) is 38.5 Å². The third kappa shape index (κ3) is 4.26. The average molecular weight is 389 g/mol. The molecule has 1 aromatic carbocycles. The van der Waals surface area contributed by atoms with Gasteiger partial charge in [0.15, 0.2) is 11.5 Å². The van der Waals surface area contributed by atoms with Gasteiger partial charge in [-0.2, -0.15) is 0 Å². The highest BCUT2D eigenvalue weighted by Crippen LogP contribution is 2.36.